The third-order valence-electron chi connectivity index (χ3n) is 3.29. The Kier molecular flexibility index (Phi) is 4.09. The van der Waals surface area contributed by atoms with Gasteiger partial charge in [0.15, 0.2) is 0 Å². The largest absolute Gasteiger partial charge is 0.466 e. The summed E-state index contributed by atoms with van der Waals surface area (Å²) in [5.74, 6) is 0.261. The minimum Gasteiger partial charge on any atom is -0.466 e. The molecule has 0 amide bonds. The zero-order chi connectivity index (χ0) is 15.5. The van der Waals surface area contributed by atoms with Crippen LogP contribution in [0.5, 0.6) is 0 Å². The summed E-state index contributed by atoms with van der Waals surface area (Å²) in [4.78, 5) is 12.5. The van der Waals surface area contributed by atoms with E-state index in [2.05, 4.69) is 5.10 Å². The number of aliphatic hydroxyl groups excluding tert-OH is 1. The SMILES string of the molecule is O=c1c(C(O)c2ccco2)c(Cl)cnn1Cc1ccccc1. The van der Waals surface area contributed by atoms with Gasteiger partial charge in [-0.05, 0) is 17.7 Å². The van der Waals surface area contributed by atoms with E-state index in [-0.39, 0.29) is 16.3 Å². The first-order chi connectivity index (χ1) is 10.7. The molecule has 22 heavy (non-hydrogen) atoms. The molecule has 0 spiro atoms. The van der Waals surface area contributed by atoms with Crippen molar-refractivity contribution in [3.05, 3.63) is 87.2 Å². The molecule has 0 saturated carbocycles. The summed E-state index contributed by atoms with van der Waals surface area (Å²) >= 11 is 6.04. The lowest BCUT2D eigenvalue weighted by Gasteiger charge is -2.12. The van der Waals surface area contributed by atoms with E-state index in [1.807, 2.05) is 30.3 Å². The van der Waals surface area contributed by atoms with Crippen LogP contribution in [0.1, 0.15) is 23.0 Å². The highest BCUT2D eigenvalue weighted by Crippen LogP contribution is 2.25. The number of furan rings is 1. The van der Waals surface area contributed by atoms with Gasteiger partial charge < -0.3 is 9.52 Å². The molecule has 1 aromatic carbocycles. The molecular weight excluding hydrogens is 304 g/mol. The molecule has 0 saturated heterocycles. The Labute approximate surface area is 131 Å². The molecule has 3 aromatic rings. The number of benzene rings is 1. The van der Waals surface area contributed by atoms with Gasteiger partial charge in [0.2, 0.25) is 0 Å². The van der Waals surface area contributed by atoms with E-state index in [1.165, 1.54) is 17.1 Å². The number of nitrogens with zero attached hydrogens (tertiary/aromatic N) is 2. The molecular formula is C16H13ClN2O3. The molecule has 0 fully saturated rings. The molecule has 1 unspecified atom stereocenters. The first-order valence-electron chi connectivity index (χ1n) is 6.67. The number of halogens is 1. The Hall–Kier alpha value is -2.37. The summed E-state index contributed by atoms with van der Waals surface area (Å²) in [5, 5.41) is 14.5. The lowest BCUT2D eigenvalue weighted by Crippen LogP contribution is -2.28. The fourth-order valence-corrected chi connectivity index (χ4v) is 2.42. The number of hydrogen-bond donors (Lipinski definition) is 1. The highest BCUT2D eigenvalue weighted by Gasteiger charge is 2.22. The van der Waals surface area contributed by atoms with Crippen molar-refractivity contribution in [3.63, 3.8) is 0 Å². The van der Waals surface area contributed by atoms with Gasteiger partial charge in [0.05, 0.1) is 29.6 Å². The summed E-state index contributed by atoms with van der Waals surface area (Å²) < 4.78 is 6.41. The van der Waals surface area contributed by atoms with Crippen LogP contribution in [0.4, 0.5) is 0 Å². The van der Waals surface area contributed by atoms with Crippen molar-refractivity contribution >= 4 is 11.6 Å². The molecule has 0 aliphatic heterocycles. The minimum atomic E-state index is -1.22. The van der Waals surface area contributed by atoms with Crippen molar-refractivity contribution in [2.75, 3.05) is 0 Å². The highest BCUT2D eigenvalue weighted by atomic mass is 35.5. The maximum atomic E-state index is 12.5. The van der Waals surface area contributed by atoms with Gasteiger partial charge in [-0.25, -0.2) is 4.68 Å². The fraction of sp³-hybridized carbons (Fsp3) is 0.125. The van der Waals surface area contributed by atoms with E-state index in [1.54, 1.807) is 12.1 Å². The fourth-order valence-electron chi connectivity index (χ4n) is 2.19. The van der Waals surface area contributed by atoms with Crippen LogP contribution < -0.4 is 5.56 Å². The van der Waals surface area contributed by atoms with Crippen LogP contribution in [-0.4, -0.2) is 14.9 Å². The molecule has 5 nitrogen and oxygen atoms in total. The average molecular weight is 317 g/mol. The third-order valence-corrected chi connectivity index (χ3v) is 3.60. The topological polar surface area (TPSA) is 68.3 Å². The Morgan fingerprint density at radius 1 is 1.23 bits per heavy atom. The normalized spacial score (nSPS) is 12.3. The van der Waals surface area contributed by atoms with Crippen molar-refractivity contribution in [1.29, 1.82) is 0 Å². The van der Waals surface area contributed by atoms with Gasteiger partial charge in [0, 0.05) is 0 Å². The molecule has 2 aromatic heterocycles. The maximum Gasteiger partial charge on any atom is 0.274 e. The summed E-state index contributed by atoms with van der Waals surface area (Å²) in [7, 11) is 0. The Morgan fingerprint density at radius 2 is 2.00 bits per heavy atom. The van der Waals surface area contributed by atoms with E-state index < -0.39 is 11.7 Å². The molecule has 2 heterocycles. The number of aliphatic hydroxyl groups is 1. The lowest BCUT2D eigenvalue weighted by molar-refractivity contribution is 0.187. The Balaban J connectivity index is 2.01. The smallest absolute Gasteiger partial charge is 0.274 e. The van der Waals surface area contributed by atoms with Crippen molar-refractivity contribution in [2.45, 2.75) is 12.6 Å². The predicted molar refractivity (Wildman–Crippen MR) is 81.8 cm³/mol. The number of aromatic nitrogens is 2. The first kappa shape index (κ1) is 14.6. The zero-order valence-electron chi connectivity index (χ0n) is 11.5. The van der Waals surface area contributed by atoms with Crippen LogP contribution in [0.3, 0.4) is 0 Å². The standard InChI is InChI=1S/C16H13ClN2O3/c17-12-9-18-19(10-11-5-2-1-3-6-11)16(21)14(12)15(20)13-7-4-8-22-13/h1-9,15,20H,10H2. The minimum absolute atomic E-state index is 0.0579. The van der Waals surface area contributed by atoms with Crippen molar-refractivity contribution in [2.24, 2.45) is 0 Å². The van der Waals surface area contributed by atoms with Gasteiger partial charge in [0.25, 0.3) is 5.56 Å². The number of hydrogen-bond acceptors (Lipinski definition) is 4. The highest BCUT2D eigenvalue weighted by molar-refractivity contribution is 6.31. The summed E-state index contributed by atoms with van der Waals surface area (Å²) in [6, 6.07) is 12.7. The second-order valence-electron chi connectivity index (χ2n) is 4.77. The molecule has 1 atom stereocenters. The third kappa shape index (κ3) is 2.81. The van der Waals surface area contributed by atoms with Crippen LogP contribution >= 0.6 is 11.6 Å². The van der Waals surface area contributed by atoms with Gasteiger partial charge in [-0.15, -0.1) is 0 Å². The first-order valence-corrected chi connectivity index (χ1v) is 7.05. The van der Waals surface area contributed by atoms with Gasteiger partial charge in [-0.2, -0.15) is 5.10 Å². The van der Waals surface area contributed by atoms with Crippen LogP contribution in [-0.2, 0) is 6.54 Å². The maximum absolute atomic E-state index is 12.5. The van der Waals surface area contributed by atoms with E-state index in [0.717, 1.165) is 5.56 Å². The molecule has 6 heteroatoms. The second kappa shape index (κ2) is 6.17. The molecule has 0 radical (unpaired) electrons. The average Bonchev–Trinajstić information content (AvgIpc) is 3.05. The molecule has 0 aliphatic rings. The van der Waals surface area contributed by atoms with E-state index >= 15 is 0 Å². The quantitative estimate of drug-likeness (QED) is 0.803. The van der Waals surface area contributed by atoms with Gasteiger partial charge in [-0.3, -0.25) is 4.79 Å². The van der Waals surface area contributed by atoms with Crippen LogP contribution in [0.2, 0.25) is 5.02 Å². The summed E-state index contributed by atoms with van der Waals surface area (Å²) in [6.07, 6.45) is 1.56. The van der Waals surface area contributed by atoms with E-state index in [0.29, 0.717) is 6.54 Å². The second-order valence-corrected chi connectivity index (χ2v) is 5.18. The summed E-state index contributed by atoms with van der Waals surface area (Å²) in [5.41, 5.74) is 0.542. The Bertz CT molecular complexity index is 813. The van der Waals surface area contributed by atoms with Gasteiger partial charge >= 0.3 is 0 Å². The van der Waals surface area contributed by atoms with Gasteiger partial charge in [-0.1, -0.05) is 41.9 Å². The monoisotopic (exact) mass is 316 g/mol. The van der Waals surface area contributed by atoms with Crippen molar-refractivity contribution < 1.29 is 9.52 Å². The van der Waals surface area contributed by atoms with E-state index in [4.69, 9.17) is 16.0 Å². The van der Waals surface area contributed by atoms with Crippen molar-refractivity contribution in [1.82, 2.24) is 9.78 Å². The zero-order valence-corrected chi connectivity index (χ0v) is 12.3. The predicted octanol–water partition coefficient (Wildman–Crippen LogP) is 2.62. The van der Waals surface area contributed by atoms with E-state index in [9.17, 15) is 9.90 Å². The molecule has 112 valence electrons. The molecule has 0 bridgehead atoms. The number of rotatable bonds is 4. The van der Waals surface area contributed by atoms with Crippen molar-refractivity contribution in [3.8, 4) is 0 Å². The van der Waals surface area contributed by atoms with Crippen LogP contribution in [0.15, 0.2) is 64.1 Å². The van der Waals surface area contributed by atoms with Crippen LogP contribution in [0.25, 0.3) is 0 Å². The molecule has 0 aliphatic carbocycles. The Morgan fingerprint density at radius 3 is 2.68 bits per heavy atom. The molecule has 3 rings (SSSR count). The van der Waals surface area contributed by atoms with Gasteiger partial charge in [0.1, 0.15) is 11.9 Å². The molecule has 1 N–H and O–H groups in total. The van der Waals surface area contributed by atoms with Crippen LogP contribution in [0, 0.1) is 0 Å². The lowest BCUT2D eigenvalue weighted by atomic mass is 10.1. The summed E-state index contributed by atoms with van der Waals surface area (Å²) in [6.45, 7) is 0.300.